The molecule has 0 spiro atoms. The molecule has 0 aromatic heterocycles. The minimum atomic E-state index is -0.876. The number of hydrogen-bond donors (Lipinski definition) is 0. The molecule has 0 radical (unpaired) electrons. The van der Waals surface area contributed by atoms with Gasteiger partial charge >= 0.3 is 15.1 Å². The molecule has 3 atom stereocenters. The first kappa shape index (κ1) is 27.1. The first-order chi connectivity index (χ1) is 13.6. The van der Waals surface area contributed by atoms with Crippen LogP contribution < -0.4 is 9.47 Å². The highest BCUT2D eigenvalue weighted by Gasteiger charge is 2.34. The van der Waals surface area contributed by atoms with Crippen molar-refractivity contribution >= 4 is 20.9 Å². The smallest absolute Gasteiger partial charge is 0.316 e. The quantitative estimate of drug-likeness (QED) is 0.223. The number of methoxy groups -OCH3 is 2. The number of benzene rings is 1. The normalized spacial score (nSPS) is 12.8. The Hall–Kier alpha value is -1.94. The summed E-state index contributed by atoms with van der Waals surface area (Å²) in [6.07, 6.45) is 2.04. The molecule has 7 heteroatoms. The van der Waals surface area contributed by atoms with E-state index in [1.165, 1.54) is 23.3 Å². The number of Topliss-reactive ketones (excluding diaryl/α,β-unsaturated/α-hetero) is 1. The monoisotopic (exact) mass is 427 g/mol. The Bertz CT molecular complexity index is 631. The molecule has 0 N–H and O–H groups in total. The Balaban J connectivity index is 0.00000379. The summed E-state index contributed by atoms with van der Waals surface area (Å²) < 4.78 is 24.2. The molecule has 6 nitrogen and oxygen atoms in total. The van der Waals surface area contributed by atoms with Crippen molar-refractivity contribution in [3.8, 4) is 11.5 Å². The van der Waals surface area contributed by atoms with Gasteiger partial charge in [-0.2, -0.15) is 0 Å². The summed E-state index contributed by atoms with van der Waals surface area (Å²) in [4.78, 5) is 26.0. The molecule has 164 valence electrons. The van der Waals surface area contributed by atoms with Crippen molar-refractivity contribution in [1.82, 2.24) is 0 Å². The van der Waals surface area contributed by atoms with Gasteiger partial charge in [0.05, 0.1) is 20.8 Å². The minimum Gasteiger partial charge on any atom is -0.496 e. The van der Waals surface area contributed by atoms with Gasteiger partial charge in [0, 0.05) is 0 Å². The molecular weight excluding hydrogens is 391 g/mol. The van der Waals surface area contributed by atoms with Crippen LogP contribution in [-0.2, 0) is 14.1 Å². The molecule has 1 aromatic rings. The van der Waals surface area contributed by atoms with E-state index in [2.05, 4.69) is 27.7 Å². The van der Waals surface area contributed by atoms with Crippen LogP contribution in [0, 0.1) is 17.3 Å². The van der Waals surface area contributed by atoms with Gasteiger partial charge in [0.15, 0.2) is 5.78 Å². The van der Waals surface area contributed by atoms with Crippen LogP contribution in [0.5, 0.6) is 11.5 Å². The van der Waals surface area contributed by atoms with Crippen LogP contribution in [0.1, 0.15) is 64.2 Å². The average molecular weight is 427 g/mol. The molecule has 0 aliphatic heterocycles. The van der Waals surface area contributed by atoms with Gasteiger partial charge in [-0.15, -0.1) is 0 Å². The fraction of sp³-hybridized carbons (Fsp3) is 0.636. The summed E-state index contributed by atoms with van der Waals surface area (Å²) in [6.45, 7) is 10.8. The number of esters is 1. The number of rotatable bonds is 10. The summed E-state index contributed by atoms with van der Waals surface area (Å²) in [5.74, 6) is -0.679. The maximum absolute atomic E-state index is 13.3. The first-order valence-corrected chi connectivity index (χ1v) is 10.3. The summed E-state index contributed by atoms with van der Waals surface area (Å²) in [5.41, 5.74) is 0.409. The third-order valence-electron chi connectivity index (χ3n) is 4.32. The fourth-order valence-corrected chi connectivity index (χ4v) is 3.41. The Morgan fingerprint density at radius 2 is 1.59 bits per heavy atom. The van der Waals surface area contributed by atoms with Gasteiger partial charge in [-0.25, -0.2) is 0 Å². The van der Waals surface area contributed by atoms with E-state index in [9.17, 15) is 9.59 Å². The third kappa shape index (κ3) is 8.95. The van der Waals surface area contributed by atoms with Gasteiger partial charge in [-0.3, -0.25) is 9.59 Å². The molecule has 0 heterocycles. The van der Waals surface area contributed by atoms with E-state index in [0.29, 0.717) is 36.5 Å². The lowest BCUT2D eigenvalue weighted by Crippen LogP contribution is -2.30. The maximum Gasteiger partial charge on any atom is 0.316 e. The maximum atomic E-state index is 13.3. The second-order valence-electron chi connectivity index (χ2n) is 8.23. The highest BCUT2D eigenvalue weighted by molar-refractivity contribution is 7.00. The Kier molecular flexibility index (Phi) is 12.4. The van der Waals surface area contributed by atoms with Crippen LogP contribution in [-0.4, -0.2) is 32.6 Å². The van der Waals surface area contributed by atoms with Gasteiger partial charge in [0.1, 0.15) is 23.0 Å². The largest absolute Gasteiger partial charge is 0.496 e. The average Bonchev–Trinajstić information content (AvgIpc) is 2.69. The molecule has 0 amide bonds. The molecule has 3 unspecified atom stereocenters. The van der Waals surface area contributed by atoms with Crippen molar-refractivity contribution in [1.29, 1.82) is 0 Å². The van der Waals surface area contributed by atoms with Gasteiger partial charge < -0.3 is 14.2 Å². The second kappa shape index (κ2) is 13.3. The van der Waals surface area contributed by atoms with E-state index in [1.54, 1.807) is 18.2 Å². The SMILES string of the molecule is CCCOC(=O)C(CC(C)CC(C)(C)C)C(=O)c1c(OC)cccc1OC.O=[PH2+]. The topological polar surface area (TPSA) is 78.9 Å². The number of carbonyl (C=O) groups is 2. The third-order valence-corrected chi connectivity index (χ3v) is 4.32. The summed E-state index contributed by atoms with van der Waals surface area (Å²) >= 11 is 0. The summed E-state index contributed by atoms with van der Waals surface area (Å²) in [7, 11) is 4.16. The van der Waals surface area contributed by atoms with E-state index in [4.69, 9.17) is 18.8 Å². The first-order valence-electron chi connectivity index (χ1n) is 9.80. The van der Waals surface area contributed by atoms with Crippen LogP contribution in [0.2, 0.25) is 0 Å². The van der Waals surface area contributed by atoms with Crippen molar-refractivity contribution in [3.05, 3.63) is 23.8 Å². The lowest BCUT2D eigenvalue weighted by atomic mass is 9.80. The van der Waals surface area contributed by atoms with E-state index < -0.39 is 11.9 Å². The lowest BCUT2D eigenvalue weighted by molar-refractivity contribution is -0.147. The molecule has 0 aliphatic carbocycles. The van der Waals surface area contributed by atoms with E-state index in [1.807, 2.05) is 6.92 Å². The molecule has 0 bridgehead atoms. The fourth-order valence-electron chi connectivity index (χ4n) is 3.41. The molecule has 0 saturated heterocycles. The van der Waals surface area contributed by atoms with Crippen molar-refractivity contribution in [2.75, 3.05) is 20.8 Å². The Labute approximate surface area is 176 Å². The zero-order valence-electron chi connectivity index (χ0n) is 18.7. The van der Waals surface area contributed by atoms with Crippen LogP contribution in [0.3, 0.4) is 0 Å². The Morgan fingerprint density at radius 3 is 2.00 bits per heavy atom. The van der Waals surface area contributed by atoms with Crippen molar-refractivity contribution in [2.45, 2.75) is 53.9 Å². The van der Waals surface area contributed by atoms with Gasteiger partial charge in [-0.1, -0.05) is 45.3 Å². The predicted octanol–water partition coefficient (Wildman–Crippen LogP) is 5.13. The molecule has 0 aliphatic rings. The van der Waals surface area contributed by atoms with Crippen molar-refractivity contribution in [2.24, 2.45) is 17.3 Å². The molecule has 1 aromatic carbocycles. The zero-order valence-corrected chi connectivity index (χ0v) is 19.9. The number of carbonyl (C=O) groups excluding carboxylic acids is 2. The number of hydrogen-bond acceptors (Lipinski definition) is 6. The minimum absolute atomic E-state index is 0.114. The number of ether oxygens (including phenoxy) is 3. The lowest BCUT2D eigenvalue weighted by Gasteiger charge is -2.26. The van der Waals surface area contributed by atoms with Crippen LogP contribution in [0.25, 0.3) is 0 Å². The van der Waals surface area contributed by atoms with E-state index in [0.717, 1.165) is 6.42 Å². The molecule has 0 saturated carbocycles. The number of ketones is 1. The van der Waals surface area contributed by atoms with Crippen molar-refractivity contribution < 1.29 is 28.4 Å². The van der Waals surface area contributed by atoms with E-state index in [-0.39, 0.29) is 17.1 Å². The molecule has 0 fully saturated rings. The predicted molar refractivity (Wildman–Crippen MR) is 117 cm³/mol. The highest BCUT2D eigenvalue weighted by atomic mass is 31.0. The zero-order chi connectivity index (χ0) is 22.6. The van der Waals surface area contributed by atoms with Crippen LogP contribution >= 0.6 is 9.12 Å². The van der Waals surface area contributed by atoms with Crippen molar-refractivity contribution in [3.63, 3.8) is 0 Å². The molecule has 29 heavy (non-hydrogen) atoms. The Morgan fingerprint density at radius 1 is 1.07 bits per heavy atom. The highest BCUT2D eigenvalue weighted by Crippen LogP contribution is 2.34. The van der Waals surface area contributed by atoms with Crippen LogP contribution in [0.15, 0.2) is 18.2 Å². The second-order valence-corrected chi connectivity index (χ2v) is 8.23. The van der Waals surface area contributed by atoms with Gasteiger partial charge in [0.25, 0.3) is 0 Å². The van der Waals surface area contributed by atoms with Gasteiger partial charge in [-0.05, 0) is 42.7 Å². The van der Waals surface area contributed by atoms with E-state index >= 15 is 0 Å². The van der Waals surface area contributed by atoms with Crippen LogP contribution in [0.4, 0.5) is 0 Å². The molecule has 1 rings (SSSR count). The summed E-state index contributed by atoms with van der Waals surface area (Å²) in [5, 5.41) is 0. The summed E-state index contributed by atoms with van der Waals surface area (Å²) in [6, 6.07) is 5.15. The molecular formula is C22H36O6P+. The van der Waals surface area contributed by atoms with Gasteiger partial charge in [0.2, 0.25) is 0 Å². The standard InChI is InChI=1S/C22H34O5.H2OP/c1-8-12-27-21(24)16(13-15(2)14-22(3,4)5)20(23)19-17(25-6)10-9-11-18(19)26-7;1-2/h9-11,15-16H,8,12-14H2,1-7H3;2H2/q;+1.